The first-order valence-electron chi connectivity index (χ1n) is 17.0. The summed E-state index contributed by atoms with van der Waals surface area (Å²) < 4.78 is 8.16. The monoisotopic (exact) mass is 607 g/mol. The quantitative estimate of drug-likeness (QED) is 0.137. The Morgan fingerprint density at radius 2 is 1.47 bits per heavy atom. The molecule has 2 amide bonds. The molecule has 238 valence electrons. The van der Waals surface area contributed by atoms with Crippen LogP contribution in [0.25, 0.3) is 22.0 Å². The molecule has 1 aliphatic rings. The molecule has 0 radical (unpaired) electrons. The minimum Gasteiger partial charge on any atom is -0.489 e. The third-order valence-corrected chi connectivity index (χ3v) is 9.14. The second-order valence-electron chi connectivity index (χ2n) is 12.5. The predicted molar refractivity (Wildman–Crippen MR) is 185 cm³/mol. The van der Waals surface area contributed by atoms with Crippen LogP contribution in [0.15, 0.2) is 72.8 Å². The van der Waals surface area contributed by atoms with Gasteiger partial charge in [0.15, 0.2) is 0 Å². The second kappa shape index (κ2) is 15.8. The summed E-state index contributed by atoms with van der Waals surface area (Å²) in [5.41, 5.74) is 5.83. The van der Waals surface area contributed by atoms with E-state index in [2.05, 4.69) is 66.2 Å². The second-order valence-corrected chi connectivity index (χ2v) is 12.5. The van der Waals surface area contributed by atoms with E-state index >= 15 is 0 Å². The third kappa shape index (κ3) is 7.78. The lowest BCUT2D eigenvalue weighted by Gasteiger charge is -2.21. The fraction of sp³-hybridized carbons (Fsp3) is 0.436. The molecule has 1 aliphatic heterocycles. The highest BCUT2D eigenvalue weighted by atomic mass is 16.5. The molecule has 1 aromatic heterocycles. The van der Waals surface area contributed by atoms with Crippen LogP contribution in [0.5, 0.6) is 5.75 Å². The first-order valence-corrected chi connectivity index (χ1v) is 17.0. The first kappa shape index (κ1) is 32.3. The minimum atomic E-state index is -0.792. The van der Waals surface area contributed by atoms with Gasteiger partial charge in [-0.05, 0) is 42.7 Å². The number of hydrogen-bond acceptors (Lipinski definition) is 3. The molecule has 0 bridgehead atoms. The van der Waals surface area contributed by atoms with Gasteiger partial charge in [-0.3, -0.25) is 9.59 Å². The number of rotatable bonds is 15. The number of likely N-dealkylation sites (N-methyl/N-ethyl adjacent to an activating group) is 1. The van der Waals surface area contributed by atoms with E-state index in [1.807, 2.05) is 30.3 Å². The average molecular weight is 608 g/mol. The number of para-hydroxylation sites is 3. The highest BCUT2D eigenvalue weighted by Gasteiger charge is 2.31. The summed E-state index contributed by atoms with van der Waals surface area (Å²) in [6, 6.07) is 23.4. The van der Waals surface area contributed by atoms with Crippen molar-refractivity contribution in [3.63, 3.8) is 0 Å². The number of aryl methyl sites for hydroxylation is 2. The molecule has 0 saturated heterocycles. The maximum atomic E-state index is 14.0. The maximum Gasteiger partial charge on any atom is 0.268 e. The summed E-state index contributed by atoms with van der Waals surface area (Å²) in [6.45, 7) is 5.22. The van der Waals surface area contributed by atoms with Crippen molar-refractivity contribution >= 4 is 28.4 Å². The first-order chi connectivity index (χ1) is 22.0. The van der Waals surface area contributed by atoms with Crippen LogP contribution >= 0.6 is 0 Å². The summed E-state index contributed by atoms with van der Waals surface area (Å²) in [6.07, 6.45) is 14.0. The van der Waals surface area contributed by atoms with E-state index in [0.29, 0.717) is 17.1 Å². The number of hydrogen-bond donors (Lipinski definition) is 1. The van der Waals surface area contributed by atoms with Gasteiger partial charge in [-0.25, -0.2) is 0 Å². The number of fused-ring (bicyclic) bond motifs is 2. The normalized spacial score (nSPS) is 14.7. The lowest BCUT2D eigenvalue weighted by molar-refractivity contribution is -0.120. The number of unbranched alkanes of at least 4 members (excludes halogenated alkanes) is 10. The molecular weight excluding hydrogens is 558 g/mol. The van der Waals surface area contributed by atoms with Crippen molar-refractivity contribution < 1.29 is 14.3 Å². The molecule has 1 N–H and O–H groups in total. The highest BCUT2D eigenvalue weighted by Crippen LogP contribution is 2.34. The van der Waals surface area contributed by atoms with Gasteiger partial charge in [0.05, 0.1) is 11.2 Å². The number of anilines is 1. The fourth-order valence-corrected chi connectivity index (χ4v) is 6.56. The van der Waals surface area contributed by atoms with Gasteiger partial charge < -0.3 is 19.5 Å². The van der Waals surface area contributed by atoms with Crippen LogP contribution in [-0.2, 0) is 11.3 Å². The molecule has 0 spiro atoms. The zero-order chi connectivity index (χ0) is 31.6. The lowest BCUT2D eigenvalue weighted by Crippen LogP contribution is -2.49. The molecule has 0 fully saturated rings. The minimum absolute atomic E-state index is 0.0826. The summed E-state index contributed by atoms with van der Waals surface area (Å²) >= 11 is 0. The third-order valence-electron chi connectivity index (χ3n) is 9.14. The number of nitrogens with zero attached hydrogens (tertiary/aromatic N) is 2. The van der Waals surface area contributed by atoms with Crippen molar-refractivity contribution in [1.29, 1.82) is 0 Å². The Morgan fingerprint density at radius 1 is 0.822 bits per heavy atom. The number of amides is 2. The molecule has 0 aliphatic carbocycles. The Kier molecular flexibility index (Phi) is 11.3. The van der Waals surface area contributed by atoms with E-state index < -0.39 is 6.04 Å². The van der Waals surface area contributed by atoms with Crippen molar-refractivity contribution in [3.8, 4) is 16.9 Å². The lowest BCUT2D eigenvalue weighted by atomic mass is 9.98. The summed E-state index contributed by atoms with van der Waals surface area (Å²) in [7, 11) is 1.73. The van der Waals surface area contributed by atoms with Crippen LogP contribution in [0.1, 0.15) is 93.6 Å². The molecule has 6 heteroatoms. The van der Waals surface area contributed by atoms with Gasteiger partial charge in [-0.15, -0.1) is 0 Å². The number of benzene rings is 3. The number of carbonyl (C=O) groups is 2. The molecule has 5 rings (SSSR count). The van der Waals surface area contributed by atoms with Crippen molar-refractivity contribution in [1.82, 2.24) is 9.88 Å². The van der Waals surface area contributed by atoms with Crippen LogP contribution in [0.4, 0.5) is 5.69 Å². The van der Waals surface area contributed by atoms with Gasteiger partial charge in [0, 0.05) is 24.5 Å². The van der Waals surface area contributed by atoms with Crippen LogP contribution in [-0.4, -0.2) is 36.1 Å². The molecule has 0 saturated carbocycles. The number of aromatic nitrogens is 1. The summed E-state index contributed by atoms with van der Waals surface area (Å²) in [5, 5.41) is 4.05. The van der Waals surface area contributed by atoms with Gasteiger partial charge in [0.25, 0.3) is 11.8 Å². The molecule has 0 unspecified atom stereocenters. The molecule has 2 heterocycles. The fourth-order valence-electron chi connectivity index (χ4n) is 6.56. The molecule has 3 aromatic carbocycles. The van der Waals surface area contributed by atoms with E-state index in [9.17, 15) is 9.59 Å². The topological polar surface area (TPSA) is 63.6 Å². The van der Waals surface area contributed by atoms with E-state index in [0.717, 1.165) is 35.9 Å². The van der Waals surface area contributed by atoms with Gasteiger partial charge in [-0.1, -0.05) is 126 Å². The van der Waals surface area contributed by atoms with E-state index in [1.54, 1.807) is 11.9 Å². The molecule has 4 aromatic rings. The van der Waals surface area contributed by atoms with Gasteiger partial charge in [0.1, 0.15) is 24.1 Å². The Balaban J connectivity index is 1.33. The Morgan fingerprint density at radius 3 is 2.20 bits per heavy atom. The smallest absolute Gasteiger partial charge is 0.268 e. The Labute approximate surface area is 268 Å². The molecule has 45 heavy (non-hydrogen) atoms. The number of ether oxygens (including phenoxy) is 1. The SMILES string of the molecule is CCCCCCCCCCCCCn1c(C(=O)N[C@H]2COc3ccccc3N(C)C2=O)cc2cccc(-c3ccccc3C)c21. The summed E-state index contributed by atoms with van der Waals surface area (Å²) in [4.78, 5) is 29.0. The molecule has 6 nitrogen and oxygen atoms in total. The van der Waals surface area contributed by atoms with Crippen LogP contribution in [0.2, 0.25) is 0 Å². The van der Waals surface area contributed by atoms with Gasteiger partial charge >= 0.3 is 0 Å². The largest absolute Gasteiger partial charge is 0.489 e. The standard InChI is InChI=1S/C39H49N3O3/c1-4-5-6-7-8-9-10-11-12-13-18-26-42-35(27-30-21-19-23-32(37(30)42)31-22-15-14-20-29(31)2)38(43)40-33-28-45-36-25-17-16-24-34(36)41(3)39(33)44/h14-17,19-25,27,33H,4-13,18,26,28H2,1-3H3,(H,40,43)/t33-/m0/s1. The van der Waals surface area contributed by atoms with Crippen LogP contribution in [0.3, 0.4) is 0 Å². The molecular formula is C39H49N3O3. The van der Waals surface area contributed by atoms with Gasteiger partial charge in [-0.2, -0.15) is 0 Å². The Hall–Kier alpha value is -4.06. The predicted octanol–water partition coefficient (Wildman–Crippen LogP) is 9.08. The summed E-state index contributed by atoms with van der Waals surface area (Å²) in [5.74, 6) is 0.187. The zero-order valence-corrected chi connectivity index (χ0v) is 27.3. The van der Waals surface area contributed by atoms with Gasteiger partial charge in [0.2, 0.25) is 0 Å². The maximum absolute atomic E-state index is 14.0. The number of nitrogens with one attached hydrogen (secondary N) is 1. The van der Waals surface area contributed by atoms with E-state index in [1.165, 1.54) is 68.9 Å². The number of carbonyl (C=O) groups excluding carboxylic acids is 2. The molecule has 1 atom stereocenters. The van der Waals surface area contributed by atoms with Crippen molar-refractivity contribution in [3.05, 3.63) is 84.1 Å². The van der Waals surface area contributed by atoms with Crippen molar-refractivity contribution in [2.24, 2.45) is 0 Å². The van der Waals surface area contributed by atoms with E-state index in [4.69, 9.17) is 4.74 Å². The van der Waals surface area contributed by atoms with Crippen molar-refractivity contribution in [2.45, 2.75) is 97.1 Å². The average Bonchev–Trinajstić information content (AvgIpc) is 3.39. The van der Waals surface area contributed by atoms with Crippen LogP contribution < -0.4 is 15.0 Å². The highest BCUT2D eigenvalue weighted by molar-refractivity contribution is 6.06. The zero-order valence-electron chi connectivity index (χ0n) is 27.3. The Bertz CT molecular complexity index is 1590. The van der Waals surface area contributed by atoms with Crippen LogP contribution in [0, 0.1) is 6.92 Å². The van der Waals surface area contributed by atoms with Crippen molar-refractivity contribution in [2.75, 3.05) is 18.6 Å². The van der Waals surface area contributed by atoms with E-state index in [-0.39, 0.29) is 18.4 Å².